The molecule has 1 aromatic rings. The molecule has 0 bridgehead atoms. The summed E-state index contributed by atoms with van der Waals surface area (Å²) in [7, 11) is 0. The maximum Gasteiger partial charge on any atom is 0.311 e. The highest BCUT2D eigenvalue weighted by atomic mass is 127. The van der Waals surface area contributed by atoms with Crippen molar-refractivity contribution in [1.29, 1.82) is 0 Å². The molecule has 15 heavy (non-hydrogen) atoms. The van der Waals surface area contributed by atoms with Gasteiger partial charge in [0.25, 0.3) is 0 Å². The normalized spacial score (nSPS) is 8.87. The van der Waals surface area contributed by atoms with Crippen molar-refractivity contribution < 1.29 is 14.6 Å². The van der Waals surface area contributed by atoms with Gasteiger partial charge < -0.3 is 9.84 Å². The summed E-state index contributed by atoms with van der Waals surface area (Å²) in [6.45, 7) is 0.112. The van der Waals surface area contributed by atoms with Crippen LogP contribution in [0, 0.1) is 9.85 Å². The van der Waals surface area contributed by atoms with Crippen molar-refractivity contribution in [3.63, 3.8) is 0 Å². The number of hydrogen-bond acceptors (Lipinski definition) is 3. The fraction of sp³-hybridized carbons (Fsp3) is 0.182. The Morgan fingerprint density at radius 1 is 1.53 bits per heavy atom. The Bertz CT molecular complexity index is 404. The number of benzene rings is 1. The summed E-state index contributed by atoms with van der Waals surface area (Å²) >= 11 is 1.88. The number of ether oxygens (including phenoxy) is 1. The summed E-state index contributed by atoms with van der Waals surface area (Å²) in [6, 6.07) is 6.52. The van der Waals surface area contributed by atoms with E-state index in [-0.39, 0.29) is 24.7 Å². The molecule has 1 rings (SSSR count). The Kier molecular flexibility index (Phi) is 4.98. The van der Waals surface area contributed by atoms with E-state index in [1.165, 1.54) is 6.07 Å². The van der Waals surface area contributed by atoms with Crippen LogP contribution in [0.4, 0.5) is 0 Å². The lowest BCUT2D eigenvalue weighted by Crippen LogP contribution is -2.07. The zero-order valence-electron chi connectivity index (χ0n) is 7.87. The van der Waals surface area contributed by atoms with Crippen molar-refractivity contribution in [3.05, 3.63) is 29.8 Å². The van der Waals surface area contributed by atoms with Crippen molar-refractivity contribution in [2.45, 2.75) is 6.42 Å². The molecule has 0 fully saturated rings. The van der Waals surface area contributed by atoms with E-state index in [0.29, 0.717) is 0 Å². The minimum atomic E-state index is -0.347. The Balaban J connectivity index is 2.46. The maximum absolute atomic E-state index is 11.2. The number of rotatable bonds is 3. The first kappa shape index (κ1) is 11.9. The molecule has 0 saturated carbocycles. The van der Waals surface area contributed by atoms with Gasteiger partial charge in [0.2, 0.25) is 0 Å². The maximum atomic E-state index is 11.2. The zero-order valence-corrected chi connectivity index (χ0v) is 10.0. The van der Waals surface area contributed by atoms with E-state index in [9.17, 15) is 4.79 Å². The third kappa shape index (κ3) is 4.70. The fourth-order valence-electron chi connectivity index (χ4n) is 1.03. The number of hydrogen-bond donors (Lipinski definition) is 1. The fourth-order valence-corrected chi connectivity index (χ4v) is 1.18. The molecule has 3 nitrogen and oxygen atoms in total. The lowest BCUT2D eigenvalue weighted by Gasteiger charge is -2.01. The van der Waals surface area contributed by atoms with E-state index in [0.717, 1.165) is 5.56 Å². The highest BCUT2D eigenvalue weighted by molar-refractivity contribution is 14.1. The molecule has 0 unspecified atom stereocenters. The van der Waals surface area contributed by atoms with Crippen molar-refractivity contribution in [1.82, 2.24) is 0 Å². The van der Waals surface area contributed by atoms with E-state index >= 15 is 0 Å². The van der Waals surface area contributed by atoms with Crippen molar-refractivity contribution in [2.24, 2.45) is 0 Å². The molecule has 0 aromatic heterocycles. The molecule has 0 radical (unpaired) electrons. The number of halogens is 1. The predicted molar refractivity (Wildman–Crippen MR) is 64.6 cm³/mol. The quantitative estimate of drug-likeness (QED) is 0.526. The molecular weight excluding hydrogens is 307 g/mol. The van der Waals surface area contributed by atoms with Gasteiger partial charge in [0.05, 0.1) is 6.42 Å². The summed E-state index contributed by atoms with van der Waals surface area (Å²) < 4.78 is 7.43. The first-order valence-electron chi connectivity index (χ1n) is 4.24. The van der Waals surface area contributed by atoms with Crippen LogP contribution in [0.1, 0.15) is 5.56 Å². The molecule has 78 valence electrons. The highest BCUT2D eigenvalue weighted by Crippen LogP contribution is 2.11. The van der Waals surface area contributed by atoms with E-state index in [4.69, 9.17) is 9.84 Å². The smallest absolute Gasteiger partial charge is 0.311 e. The zero-order chi connectivity index (χ0) is 11.1. The van der Waals surface area contributed by atoms with Crippen LogP contribution < -0.4 is 0 Å². The van der Waals surface area contributed by atoms with Gasteiger partial charge in [0.1, 0.15) is 5.75 Å². The highest BCUT2D eigenvalue weighted by Gasteiger charge is 2.04. The van der Waals surface area contributed by atoms with Gasteiger partial charge in [0, 0.05) is 22.6 Å². The van der Waals surface area contributed by atoms with E-state index in [2.05, 4.69) is 9.85 Å². The molecule has 0 atom stereocenters. The van der Waals surface area contributed by atoms with Crippen molar-refractivity contribution in [2.75, 3.05) is 6.61 Å². The first-order valence-corrected chi connectivity index (χ1v) is 5.32. The topological polar surface area (TPSA) is 46.5 Å². The van der Waals surface area contributed by atoms with Crippen LogP contribution in [0.2, 0.25) is 0 Å². The summed E-state index contributed by atoms with van der Waals surface area (Å²) in [6.07, 6.45) is 0.150. The largest absolute Gasteiger partial charge is 0.508 e. The predicted octanol–water partition coefficient (Wildman–Crippen LogP) is 1.87. The van der Waals surface area contributed by atoms with Crippen molar-refractivity contribution in [3.8, 4) is 15.6 Å². The van der Waals surface area contributed by atoms with Crippen LogP contribution in [0.15, 0.2) is 24.3 Å². The van der Waals surface area contributed by atoms with Gasteiger partial charge in [-0.3, -0.25) is 4.79 Å². The molecule has 0 heterocycles. The van der Waals surface area contributed by atoms with E-state index in [1.54, 1.807) is 18.2 Å². The van der Waals surface area contributed by atoms with Crippen LogP contribution in [-0.4, -0.2) is 17.7 Å². The number of carbonyl (C=O) groups excluding carboxylic acids is 1. The van der Waals surface area contributed by atoms with E-state index in [1.807, 2.05) is 22.6 Å². The molecule has 0 aliphatic rings. The summed E-state index contributed by atoms with van der Waals surface area (Å²) in [5, 5.41) is 9.16. The van der Waals surface area contributed by atoms with Gasteiger partial charge in [-0.25, -0.2) is 0 Å². The van der Waals surface area contributed by atoms with Crippen LogP contribution in [-0.2, 0) is 16.0 Å². The van der Waals surface area contributed by atoms with Crippen LogP contribution in [0.5, 0.6) is 5.75 Å². The molecule has 0 aliphatic carbocycles. The summed E-state index contributed by atoms with van der Waals surface area (Å²) in [5.74, 6) is 2.42. The second-order valence-corrected chi connectivity index (χ2v) is 3.32. The molecule has 0 saturated heterocycles. The average molecular weight is 316 g/mol. The second-order valence-electron chi connectivity index (χ2n) is 2.78. The van der Waals surface area contributed by atoms with Crippen LogP contribution in [0.25, 0.3) is 0 Å². The Hall–Kier alpha value is -1.22. The van der Waals surface area contributed by atoms with Crippen LogP contribution in [0.3, 0.4) is 0 Å². The van der Waals surface area contributed by atoms with E-state index < -0.39 is 0 Å². The SMILES string of the molecule is O=C(Cc1cccc(O)c1)OCC#CI. The summed E-state index contributed by atoms with van der Waals surface area (Å²) in [4.78, 5) is 11.2. The lowest BCUT2D eigenvalue weighted by molar-refractivity contribution is -0.141. The molecule has 0 spiro atoms. The Morgan fingerprint density at radius 3 is 3.00 bits per heavy atom. The van der Waals surface area contributed by atoms with Gasteiger partial charge in [0.15, 0.2) is 6.61 Å². The number of aromatic hydroxyl groups is 1. The summed E-state index contributed by atoms with van der Waals surface area (Å²) in [5.41, 5.74) is 0.724. The first-order chi connectivity index (χ1) is 7.22. The van der Waals surface area contributed by atoms with Gasteiger partial charge in [-0.15, -0.1) is 0 Å². The third-order valence-corrected chi connectivity index (χ3v) is 2.01. The number of esters is 1. The van der Waals surface area contributed by atoms with Gasteiger partial charge >= 0.3 is 5.97 Å². The Labute approximate surface area is 102 Å². The van der Waals surface area contributed by atoms with Crippen molar-refractivity contribution >= 4 is 28.6 Å². The molecule has 0 aliphatic heterocycles. The molecule has 1 aromatic carbocycles. The van der Waals surface area contributed by atoms with Gasteiger partial charge in [-0.1, -0.05) is 18.1 Å². The molecule has 4 heteroatoms. The van der Waals surface area contributed by atoms with Crippen LogP contribution >= 0.6 is 22.6 Å². The minimum absolute atomic E-state index is 0.112. The third-order valence-electron chi connectivity index (χ3n) is 1.63. The van der Waals surface area contributed by atoms with Gasteiger partial charge in [-0.2, -0.15) is 0 Å². The van der Waals surface area contributed by atoms with Gasteiger partial charge in [-0.05, 0) is 21.6 Å². The average Bonchev–Trinajstić information content (AvgIpc) is 2.18. The monoisotopic (exact) mass is 316 g/mol. The number of phenols is 1. The molecule has 0 amide bonds. The number of phenolic OH excluding ortho intramolecular Hbond substituents is 1. The molecular formula is C11H9IO3. The second kappa shape index (κ2) is 6.30. The standard InChI is InChI=1S/C11H9IO3/c12-5-2-6-15-11(14)8-9-3-1-4-10(13)7-9/h1,3-4,7,13H,6,8H2. The number of carbonyl (C=O) groups is 1. The Morgan fingerprint density at radius 2 is 2.33 bits per heavy atom. The molecule has 1 N–H and O–H groups in total. The lowest BCUT2D eigenvalue weighted by atomic mass is 10.1. The minimum Gasteiger partial charge on any atom is -0.508 e.